The molecule has 2 amide bonds. The van der Waals surface area contributed by atoms with Crippen molar-refractivity contribution in [1.29, 1.82) is 0 Å². The second-order valence-corrected chi connectivity index (χ2v) is 5.74. The van der Waals surface area contributed by atoms with Crippen LogP contribution in [0.4, 0.5) is 8.78 Å². The minimum atomic E-state index is -0.728. The molecule has 0 spiro atoms. The molecule has 136 valence electrons. The van der Waals surface area contributed by atoms with Gasteiger partial charge in [0.05, 0.1) is 6.54 Å². The lowest BCUT2D eigenvalue weighted by Crippen LogP contribution is -2.38. The van der Waals surface area contributed by atoms with E-state index in [1.54, 1.807) is 12.1 Å². The van der Waals surface area contributed by atoms with Gasteiger partial charge in [0, 0.05) is 30.8 Å². The van der Waals surface area contributed by atoms with Crippen LogP contribution in [0.2, 0.25) is 0 Å². The Morgan fingerprint density at radius 3 is 2.65 bits per heavy atom. The Morgan fingerprint density at radius 1 is 1.12 bits per heavy atom. The number of nitrogens with one attached hydrogen (secondary N) is 1. The number of benzene rings is 2. The summed E-state index contributed by atoms with van der Waals surface area (Å²) in [4.78, 5) is 25.5. The Balaban J connectivity index is 1.55. The highest BCUT2D eigenvalue weighted by Gasteiger charge is 2.18. The fourth-order valence-corrected chi connectivity index (χ4v) is 2.42. The molecule has 1 heterocycles. The molecule has 6 nitrogen and oxygen atoms in total. The van der Waals surface area contributed by atoms with Gasteiger partial charge in [-0.15, -0.1) is 0 Å². The average Bonchev–Trinajstić information content (AvgIpc) is 3.09. The van der Waals surface area contributed by atoms with E-state index in [0.717, 1.165) is 12.1 Å². The topological polar surface area (TPSA) is 67.9 Å². The molecule has 0 saturated heterocycles. The van der Waals surface area contributed by atoms with Crippen LogP contribution in [-0.4, -0.2) is 37.1 Å². The van der Waals surface area contributed by atoms with Gasteiger partial charge in [-0.3, -0.25) is 9.59 Å². The summed E-state index contributed by atoms with van der Waals surface area (Å²) >= 11 is 0. The lowest BCUT2D eigenvalue weighted by atomic mass is 10.2. The number of amides is 2. The van der Waals surface area contributed by atoms with Crippen LogP contribution in [0, 0.1) is 11.6 Å². The van der Waals surface area contributed by atoms with Crippen LogP contribution in [0.15, 0.2) is 36.4 Å². The zero-order valence-electron chi connectivity index (χ0n) is 13.9. The van der Waals surface area contributed by atoms with E-state index in [0.29, 0.717) is 17.1 Å². The van der Waals surface area contributed by atoms with Crippen molar-refractivity contribution >= 4 is 11.8 Å². The summed E-state index contributed by atoms with van der Waals surface area (Å²) in [5.41, 5.74) is 0.513. The van der Waals surface area contributed by atoms with E-state index in [2.05, 4.69) is 5.32 Å². The molecule has 0 saturated carbocycles. The van der Waals surface area contributed by atoms with E-state index in [1.165, 1.54) is 24.1 Å². The molecule has 1 N–H and O–H groups in total. The predicted octanol–water partition coefficient (Wildman–Crippen LogP) is 2.08. The minimum absolute atomic E-state index is 0.0369. The minimum Gasteiger partial charge on any atom is -0.454 e. The number of nitrogens with zero attached hydrogens (tertiary/aromatic N) is 1. The molecular weight excluding hydrogens is 346 g/mol. The Hall–Kier alpha value is -3.16. The van der Waals surface area contributed by atoms with Crippen molar-refractivity contribution in [2.75, 3.05) is 20.4 Å². The summed E-state index contributed by atoms with van der Waals surface area (Å²) in [7, 11) is 1.47. The van der Waals surface area contributed by atoms with Gasteiger partial charge in [-0.25, -0.2) is 8.78 Å². The summed E-state index contributed by atoms with van der Waals surface area (Å²) < 4.78 is 36.9. The van der Waals surface area contributed by atoms with Crippen LogP contribution >= 0.6 is 0 Å². The van der Waals surface area contributed by atoms with Gasteiger partial charge in [0.1, 0.15) is 11.6 Å². The summed E-state index contributed by atoms with van der Waals surface area (Å²) in [6.45, 7) is -0.193. The number of carbonyl (C=O) groups excluding carboxylic acids is 2. The van der Waals surface area contributed by atoms with Crippen molar-refractivity contribution in [3.8, 4) is 11.5 Å². The van der Waals surface area contributed by atoms with Crippen molar-refractivity contribution in [3.63, 3.8) is 0 Å². The maximum atomic E-state index is 13.6. The second kappa shape index (κ2) is 7.38. The van der Waals surface area contributed by atoms with E-state index >= 15 is 0 Å². The molecule has 26 heavy (non-hydrogen) atoms. The highest BCUT2D eigenvalue weighted by atomic mass is 19.1. The molecule has 1 aliphatic heterocycles. The molecule has 2 aromatic rings. The van der Waals surface area contributed by atoms with Gasteiger partial charge in [0.25, 0.3) is 5.91 Å². The van der Waals surface area contributed by atoms with Crippen LogP contribution < -0.4 is 14.8 Å². The quantitative estimate of drug-likeness (QED) is 0.884. The zero-order chi connectivity index (χ0) is 18.7. The zero-order valence-corrected chi connectivity index (χ0v) is 13.9. The fraction of sp³-hybridized carbons (Fsp3) is 0.222. The van der Waals surface area contributed by atoms with Crippen molar-refractivity contribution in [2.24, 2.45) is 0 Å². The Bertz CT molecular complexity index is 857. The predicted molar refractivity (Wildman–Crippen MR) is 87.7 cm³/mol. The third-order valence-corrected chi connectivity index (χ3v) is 3.88. The van der Waals surface area contributed by atoms with E-state index < -0.39 is 23.4 Å². The maximum absolute atomic E-state index is 13.6. The normalized spacial score (nSPS) is 12.0. The molecule has 0 aromatic heterocycles. The van der Waals surface area contributed by atoms with Crippen molar-refractivity contribution in [3.05, 3.63) is 59.2 Å². The molecule has 0 fully saturated rings. The summed E-state index contributed by atoms with van der Waals surface area (Å²) in [5.74, 6) is -1.25. The van der Waals surface area contributed by atoms with Gasteiger partial charge in [0.15, 0.2) is 11.5 Å². The SMILES string of the molecule is CN(Cc1ccc(F)cc1F)C(=O)CNC(=O)c1ccc2c(c1)OCO2. The molecule has 2 aromatic carbocycles. The summed E-state index contributed by atoms with van der Waals surface area (Å²) in [5, 5.41) is 2.50. The largest absolute Gasteiger partial charge is 0.454 e. The average molecular weight is 362 g/mol. The first kappa shape index (κ1) is 17.7. The number of halogens is 2. The standard InChI is InChI=1S/C18H16F2N2O4/c1-22(9-12-2-4-13(19)7-14(12)20)17(23)8-21-18(24)11-3-5-15-16(6-11)26-10-25-15/h2-7H,8-10H2,1H3,(H,21,24). The van der Waals surface area contributed by atoms with E-state index in [9.17, 15) is 18.4 Å². The number of rotatable bonds is 5. The second-order valence-electron chi connectivity index (χ2n) is 5.74. The van der Waals surface area contributed by atoms with E-state index in [1.807, 2.05) is 0 Å². The van der Waals surface area contributed by atoms with Gasteiger partial charge in [-0.05, 0) is 24.3 Å². The first-order chi connectivity index (χ1) is 12.4. The van der Waals surface area contributed by atoms with Crippen LogP contribution in [0.3, 0.4) is 0 Å². The molecule has 3 rings (SSSR count). The molecular formula is C18H16F2N2O4. The first-order valence-electron chi connectivity index (χ1n) is 7.80. The molecule has 0 aliphatic carbocycles. The van der Waals surface area contributed by atoms with Crippen LogP contribution in [0.5, 0.6) is 11.5 Å². The first-order valence-corrected chi connectivity index (χ1v) is 7.80. The summed E-state index contributed by atoms with van der Waals surface area (Å²) in [6, 6.07) is 7.86. The Labute approximate surface area is 148 Å². The molecule has 8 heteroatoms. The lowest BCUT2D eigenvalue weighted by Gasteiger charge is -2.18. The number of carbonyl (C=O) groups is 2. The third kappa shape index (κ3) is 3.90. The monoisotopic (exact) mass is 362 g/mol. The van der Waals surface area contributed by atoms with Crippen molar-refractivity contribution in [1.82, 2.24) is 10.2 Å². The van der Waals surface area contributed by atoms with Crippen molar-refractivity contribution in [2.45, 2.75) is 6.54 Å². The smallest absolute Gasteiger partial charge is 0.251 e. The lowest BCUT2D eigenvalue weighted by molar-refractivity contribution is -0.129. The fourth-order valence-electron chi connectivity index (χ4n) is 2.42. The molecule has 0 radical (unpaired) electrons. The third-order valence-electron chi connectivity index (χ3n) is 3.88. The summed E-state index contributed by atoms with van der Waals surface area (Å²) in [6.07, 6.45) is 0. The number of hydrogen-bond donors (Lipinski definition) is 1. The van der Waals surface area contributed by atoms with Gasteiger partial charge < -0.3 is 19.7 Å². The molecule has 1 aliphatic rings. The van der Waals surface area contributed by atoms with E-state index in [4.69, 9.17) is 9.47 Å². The van der Waals surface area contributed by atoms with E-state index in [-0.39, 0.29) is 25.4 Å². The number of fused-ring (bicyclic) bond motifs is 1. The van der Waals surface area contributed by atoms with Crippen LogP contribution in [0.25, 0.3) is 0 Å². The highest BCUT2D eigenvalue weighted by Crippen LogP contribution is 2.32. The molecule has 0 bridgehead atoms. The maximum Gasteiger partial charge on any atom is 0.251 e. The number of likely N-dealkylation sites (N-methyl/N-ethyl adjacent to an activating group) is 1. The van der Waals surface area contributed by atoms with Gasteiger partial charge >= 0.3 is 0 Å². The van der Waals surface area contributed by atoms with Crippen molar-refractivity contribution < 1.29 is 27.8 Å². The van der Waals surface area contributed by atoms with Gasteiger partial charge in [0.2, 0.25) is 12.7 Å². The van der Waals surface area contributed by atoms with Crippen LogP contribution in [-0.2, 0) is 11.3 Å². The molecule has 0 atom stereocenters. The Kier molecular flexibility index (Phi) is 5.01. The van der Waals surface area contributed by atoms with Gasteiger partial charge in [-0.2, -0.15) is 0 Å². The number of ether oxygens (including phenoxy) is 2. The molecule has 0 unspecified atom stereocenters. The highest BCUT2D eigenvalue weighted by molar-refractivity contribution is 5.97. The number of hydrogen-bond acceptors (Lipinski definition) is 4. The van der Waals surface area contributed by atoms with Crippen LogP contribution in [0.1, 0.15) is 15.9 Å². The Morgan fingerprint density at radius 2 is 1.88 bits per heavy atom. The van der Waals surface area contributed by atoms with Gasteiger partial charge in [-0.1, -0.05) is 6.07 Å².